The molecule has 0 aliphatic rings. The Morgan fingerprint density at radius 3 is 2.60 bits per heavy atom. The van der Waals surface area contributed by atoms with Crippen molar-refractivity contribution in [2.24, 2.45) is 0 Å². The Bertz CT molecular complexity index is 742. The van der Waals surface area contributed by atoms with Crippen LogP contribution in [0, 0.1) is 6.92 Å². The minimum Gasteiger partial charge on any atom is -0.398 e. The van der Waals surface area contributed by atoms with E-state index >= 15 is 0 Å². The van der Waals surface area contributed by atoms with Gasteiger partial charge in [0, 0.05) is 22.1 Å². The summed E-state index contributed by atoms with van der Waals surface area (Å²) < 4.78 is 27.7. The Labute approximate surface area is 131 Å². The Balaban J connectivity index is 2.27. The standard InChI is InChI=1S/C12H12Cl2N2O2S2/c1-7-10(15)4-8(13)5-11(7)20(17,18)16-6-9-2-3-12(14)19-9/h2-5,16H,6,15H2,1H3. The summed E-state index contributed by atoms with van der Waals surface area (Å²) in [6, 6.07) is 6.40. The highest BCUT2D eigenvalue weighted by molar-refractivity contribution is 7.89. The van der Waals surface area contributed by atoms with Gasteiger partial charge >= 0.3 is 0 Å². The van der Waals surface area contributed by atoms with Crippen molar-refractivity contribution < 1.29 is 8.42 Å². The predicted molar refractivity (Wildman–Crippen MR) is 84.0 cm³/mol. The maximum absolute atomic E-state index is 12.3. The molecule has 1 aromatic carbocycles. The molecule has 0 saturated heterocycles. The number of rotatable bonds is 4. The summed E-state index contributed by atoms with van der Waals surface area (Å²) in [5, 5.41) is 0.285. The zero-order valence-electron chi connectivity index (χ0n) is 10.5. The third kappa shape index (κ3) is 3.45. The van der Waals surface area contributed by atoms with E-state index in [9.17, 15) is 8.42 Å². The van der Waals surface area contributed by atoms with Gasteiger partial charge in [-0.3, -0.25) is 0 Å². The highest BCUT2D eigenvalue weighted by Crippen LogP contribution is 2.26. The number of nitrogens with one attached hydrogen (secondary N) is 1. The molecule has 0 amide bonds. The van der Waals surface area contributed by atoms with Gasteiger partial charge in [0.1, 0.15) is 0 Å². The van der Waals surface area contributed by atoms with Crippen molar-refractivity contribution in [2.75, 3.05) is 5.73 Å². The van der Waals surface area contributed by atoms with Gasteiger partial charge in [0.15, 0.2) is 0 Å². The van der Waals surface area contributed by atoms with E-state index in [-0.39, 0.29) is 16.5 Å². The second-order valence-electron chi connectivity index (χ2n) is 4.15. The number of anilines is 1. The lowest BCUT2D eigenvalue weighted by atomic mass is 10.2. The van der Waals surface area contributed by atoms with Crippen molar-refractivity contribution in [1.29, 1.82) is 0 Å². The van der Waals surface area contributed by atoms with Gasteiger partial charge in [-0.15, -0.1) is 11.3 Å². The van der Waals surface area contributed by atoms with Crippen LogP contribution >= 0.6 is 34.5 Å². The average molecular weight is 351 g/mol. The van der Waals surface area contributed by atoms with Crippen LogP contribution in [0.1, 0.15) is 10.4 Å². The number of nitrogen functional groups attached to an aromatic ring is 1. The zero-order valence-corrected chi connectivity index (χ0v) is 13.6. The first kappa shape index (κ1) is 15.6. The zero-order chi connectivity index (χ0) is 14.9. The predicted octanol–water partition coefficient (Wildman–Crippen LogP) is 3.42. The van der Waals surface area contributed by atoms with Crippen molar-refractivity contribution in [3.8, 4) is 0 Å². The topological polar surface area (TPSA) is 72.2 Å². The molecule has 0 atom stereocenters. The maximum Gasteiger partial charge on any atom is 0.241 e. The Morgan fingerprint density at radius 2 is 2.00 bits per heavy atom. The molecule has 20 heavy (non-hydrogen) atoms. The van der Waals surface area contributed by atoms with Gasteiger partial charge in [-0.25, -0.2) is 13.1 Å². The summed E-state index contributed by atoms with van der Waals surface area (Å²) in [4.78, 5) is 0.913. The number of halogens is 2. The first-order chi connectivity index (χ1) is 9.29. The van der Waals surface area contributed by atoms with E-state index in [0.29, 0.717) is 15.6 Å². The largest absolute Gasteiger partial charge is 0.398 e. The fourth-order valence-corrected chi connectivity index (χ4v) is 4.36. The van der Waals surface area contributed by atoms with Gasteiger partial charge in [-0.1, -0.05) is 23.2 Å². The van der Waals surface area contributed by atoms with Crippen molar-refractivity contribution in [2.45, 2.75) is 18.4 Å². The van der Waals surface area contributed by atoms with E-state index in [1.807, 2.05) is 0 Å². The van der Waals surface area contributed by atoms with Crippen LogP contribution in [0.15, 0.2) is 29.2 Å². The monoisotopic (exact) mass is 350 g/mol. The minimum atomic E-state index is -3.68. The lowest BCUT2D eigenvalue weighted by Crippen LogP contribution is -2.24. The van der Waals surface area contributed by atoms with Crippen molar-refractivity contribution in [1.82, 2.24) is 4.72 Å². The SMILES string of the molecule is Cc1c(N)cc(Cl)cc1S(=O)(=O)NCc1ccc(Cl)s1. The van der Waals surface area contributed by atoms with Gasteiger partial charge in [-0.2, -0.15) is 0 Å². The normalized spacial score (nSPS) is 11.8. The molecular formula is C12H12Cl2N2O2S2. The van der Waals surface area contributed by atoms with Gasteiger partial charge in [-0.05, 0) is 36.8 Å². The summed E-state index contributed by atoms with van der Waals surface area (Å²) in [5.74, 6) is 0. The van der Waals surface area contributed by atoms with E-state index in [1.54, 1.807) is 19.1 Å². The first-order valence-electron chi connectivity index (χ1n) is 5.59. The smallest absolute Gasteiger partial charge is 0.241 e. The van der Waals surface area contributed by atoms with E-state index in [1.165, 1.54) is 23.5 Å². The molecule has 0 radical (unpaired) electrons. The number of benzene rings is 1. The lowest BCUT2D eigenvalue weighted by Gasteiger charge is -2.11. The van der Waals surface area contributed by atoms with Crippen LogP contribution in [0.25, 0.3) is 0 Å². The van der Waals surface area contributed by atoms with Crippen LogP contribution in [-0.4, -0.2) is 8.42 Å². The molecule has 0 aliphatic heterocycles. The van der Waals surface area contributed by atoms with Crippen LogP contribution in [-0.2, 0) is 16.6 Å². The number of thiophene rings is 1. The highest BCUT2D eigenvalue weighted by atomic mass is 35.5. The third-order valence-electron chi connectivity index (χ3n) is 2.72. The number of hydrogen-bond acceptors (Lipinski definition) is 4. The molecular weight excluding hydrogens is 339 g/mol. The summed E-state index contributed by atoms with van der Waals surface area (Å²) >= 11 is 13.0. The van der Waals surface area contributed by atoms with Gasteiger partial charge in [0.05, 0.1) is 9.23 Å². The number of sulfonamides is 1. The second kappa shape index (κ2) is 5.91. The fraction of sp³-hybridized carbons (Fsp3) is 0.167. The molecule has 8 heteroatoms. The summed E-state index contributed by atoms with van der Waals surface area (Å²) in [5.41, 5.74) is 6.56. The van der Waals surface area contributed by atoms with Gasteiger partial charge < -0.3 is 5.73 Å². The molecule has 0 aliphatic carbocycles. The average Bonchev–Trinajstić information content (AvgIpc) is 2.77. The summed E-state index contributed by atoms with van der Waals surface area (Å²) in [7, 11) is -3.68. The van der Waals surface area contributed by atoms with E-state index in [0.717, 1.165) is 4.88 Å². The molecule has 1 heterocycles. The summed E-state index contributed by atoms with van der Waals surface area (Å²) in [6.07, 6.45) is 0. The Morgan fingerprint density at radius 1 is 1.30 bits per heavy atom. The number of hydrogen-bond donors (Lipinski definition) is 2. The molecule has 0 unspecified atom stereocenters. The molecule has 3 N–H and O–H groups in total. The summed E-state index contributed by atoms with van der Waals surface area (Å²) in [6.45, 7) is 1.81. The lowest BCUT2D eigenvalue weighted by molar-refractivity contribution is 0.581. The molecule has 4 nitrogen and oxygen atoms in total. The van der Waals surface area contributed by atoms with Crippen LogP contribution in [0.5, 0.6) is 0 Å². The molecule has 0 bridgehead atoms. The van der Waals surface area contributed by atoms with Crippen LogP contribution in [0.3, 0.4) is 0 Å². The van der Waals surface area contributed by atoms with Crippen molar-refractivity contribution in [3.05, 3.63) is 44.1 Å². The Hall–Kier alpha value is -0.790. The third-order valence-corrected chi connectivity index (χ3v) is 5.70. The van der Waals surface area contributed by atoms with Crippen LogP contribution in [0.4, 0.5) is 5.69 Å². The molecule has 2 rings (SSSR count). The number of nitrogens with two attached hydrogens (primary N) is 1. The molecule has 0 saturated carbocycles. The Kier molecular flexibility index (Phi) is 4.61. The quantitative estimate of drug-likeness (QED) is 0.829. The van der Waals surface area contributed by atoms with E-state index in [2.05, 4.69) is 4.72 Å². The highest BCUT2D eigenvalue weighted by Gasteiger charge is 2.19. The van der Waals surface area contributed by atoms with E-state index < -0.39 is 10.0 Å². The molecule has 0 spiro atoms. The van der Waals surface area contributed by atoms with Gasteiger partial charge in [0.2, 0.25) is 10.0 Å². The van der Waals surface area contributed by atoms with Crippen LogP contribution in [0.2, 0.25) is 9.36 Å². The molecule has 108 valence electrons. The van der Waals surface area contributed by atoms with Crippen molar-refractivity contribution in [3.63, 3.8) is 0 Å². The van der Waals surface area contributed by atoms with Crippen LogP contribution < -0.4 is 10.5 Å². The molecule has 0 fully saturated rings. The van der Waals surface area contributed by atoms with E-state index in [4.69, 9.17) is 28.9 Å². The second-order valence-corrected chi connectivity index (χ2v) is 8.12. The fourth-order valence-electron chi connectivity index (χ4n) is 1.64. The van der Waals surface area contributed by atoms with Gasteiger partial charge in [0.25, 0.3) is 0 Å². The minimum absolute atomic E-state index is 0.0881. The first-order valence-corrected chi connectivity index (χ1v) is 8.64. The molecule has 1 aromatic heterocycles. The van der Waals surface area contributed by atoms with Crippen molar-refractivity contribution >= 4 is 50.2 Å². The molecule has 2 aromatic rings. The maximum atomic E-state index is 12.3.